The number of nitrogens with zero attached hydrogens (tertiary/aromatic N) is 5. The lowest BCUT2D eigenvalue weighted by Crippen LogP contribution is -2.40. The lowest BCUT2D eigenvalue weighted by atomic mass is 9.87. The van der Waals surface area contributed by atoms with Gasteiger partial charge in [-0.3, -0.25) is 9.59 Å². The van der Waals surface area contributed by atoms with Gasteiger partial charge in [-0.25, -0.2) is 9.67 Å². The Kier molecular flexibility index (Phi) is 6.20. The molecule has 0 radical (unpaired) electrons. The van der Waals surface area contributed by atoms with Crippen LogP contribution in [-0.2, 0) is 12.0 Å². The molecule has 0 unspecified atom stereocenters. The zero-order valence-corrected chi connectivity index (χ0v) is 21.3. The first-order chi connectivity index (χ1) is 17.2. The van der Waals surface area contributed by atoms with Crippen LogP contribution in [0.3, 0.4) is 0 Å². The van der Waals surface area contributed by atoms with Crippen molar-refractivity contribution in [2.45, 2.75) is 58.4 Å². The molecule has 1 N–H and O–H groups in total. The molecule has 0 bridgehead atoms. The second kappa shape index (κ2) is 9.33. The molecule has 5 rings (SSSR count). The Morgan fingerprint density at radius 2 is 1.81 bits per heavy atom. The first kappa shape index (κ1) is 23.9. The summed E-state index contributed by atoms with van der Waals surface area (Å²) >= 11 is 0. The number of aromatic nitrogens is 5. The SMILES string of the molecule is Cc1ccc(C(=O)N2CCC[C@H](c3nc4c(nnn4Cc4ccc(C(C)(C)C)cc4)c(=O)[nH]3)C2)cc1. The number of carbonyl (C=O) groups is 1. The number of rotatable bonds is 4. The molecule has 2 aromatic carbocycles. The van der Waals surface area contributed by atoms with Gasteiger partial charge < -0.3 is 9.88 Å². The minimum Gasteiger partial charge on any atom is -0.338 e. The molecule has 1 aliphatic heterocycles. The molecule has 1 saturated heterocycles. The minimum absolute atomic E-state index is 0.00790. The van der Waals surface area contributed by atoms with E-state index in [1.807, 2.05) is 36.1 Å². The van der Waals surface area contributed by atoms with Crippen molar-refractivity contribution in [1.82, 2.24) is 29.9 Å². The monoisotopic (exact) mass is 484 g/mol. The van der Waals surface area contributed by atoms with Crippen LogP contribution < -0.4 is 5.56 Å². The van der Waals surface area contributed by atoms with Gasteiger partial charge in [0, 0.05) is 24.6 Å². The smallest absolute Gasteiger partial charge is 0.281 e. The highest BCUT2D eigenvalue weighted by Gasteiger charge is 2.28. The van der Waals surface area contributed by atoms with Gasteiger partial charge in [0.1, 0.15) is 5.82 Å². The number of piperidine rings is 1. The Morgan fingerprint density at radius 1 is 1.08 bits per heavy atom. The highest BCUT2D eigenvalue weighted by molar-refractivity contribution is 5.94. The van der Waals surface area contributed by atoms with E-state index in [0.717, 1.165) is 24.0 Å². The Hall–Kier alpha value is -3.81. The molecule has 0 spiro atoms. The van der Waals surface area contributed by atoms with Gasteiger partial charge in [-0.15, -0.1) is 5.10 Å². The Morgan fingerprint density at radius 3 is 2.50 bits per heavy atom. The highest BCUT2D eigenvalue weighted by atomic mass is 16.2. The van der Waals surface area contributed by atoms with Crippen LogP contribution in [-0.4, -0.2) is 48.9 Å². The minimum atomic E-state index is -0.300. The number of aromatic amines is 1. The van der Waals surface area contributed by atoms with Crippen LogP contribution in [0.4, 0.5) is 0 Å². The zero-order valence-electron chi connectivity index (χ0n) is 21.3. The molecule has 1 fully saturated rings. The molecule has 1 aliphatic rings. The standard InChI is InChI=1S/C28H32N6O2/c1-18-7-11-20(12-8-18)27(36)33-15-5-6-21(17-33)24-29-25-23(26(35)30-24)31-32-34(25)16-19-9-13-22(14-10-19)28(2,3)4/h7-14,21H,5-6,15-17H2,1-4H3,(H,29,30,35)/t21-/m0/s1. The second-order valence-electron chi connectivity index (χ2n) is 10.8. The molecule has 2 aromatic heterocycles. The lowest BCUT2D eigenvalue weighted by Gasteiger charge is -2.32. The number of nitrogens with one attached hydrogen (secondary N) is 1. The van der Waals surface area contributed by atoms with Crippen molar-refractivity contribution in [3.05, 3.63) is 87.0 Å². The molecule has 4 aromatic rings. The van der Waals surface area contributed by atoms with Gasteiger partial charge in [0.05, 0.1) is 6.54 Å². The number of likely N-dealkylation sites (tertiary alicyclic amines) is 1. The van der Waals surface area contributed by atoms with Crippen LogP contribution in [0.2, 0.25) is 0 Å². The van der Waals surface area contributed by atoms with E-state index in [2.05, 4.69) is 60.3 Å². The van der Waals surface area contributed by atoms with Gasteiger partial charge in [0.2, 0.25) is 0 Å². The first-order valence-corrected chi connectivity index (χ1v) is 12.5. The van der Waals surface area contributed by atoms with Gasteiger partial charge >= 0.3 is 0 Å². The molecule has 0 saturated carbocycles. The van der Waals surface area contributed by atoms with Crippen molar-refractivity contribution in [3.8, 4) is 0 Å². The number of hydrogen-bond acceptors (Lipinski definition) is 5. The molecule has 36 heavy (non-hydrogen) atoms. The summed E-state index contributed by atoms with van der Waals surface area (Å²) in [5, 5.41) is 8.31. The quantitative estimate of drug-likeness (QED) is 0.469. The van der Waals surface area contributed by atoms with Crippen molar-refractivity contribution in [2.75, 3.05) is 13.1 Å². The van der Waals surface area contributed by atoms with Crippen molar-refractivity contribution >= 4 is 17.1 Å². The average Bonchev–Trinajstić information content (AvgIpc) is 3.27. The third kappa shape index (κ3) is 4.80. The zero-order chi connectivity index (χ0) is 25.4. The van der Waals surface area contributed by atoms with Crippen molar-refractivity contribution in [3.63, 3.8) is 0 Å². The van der Waals surface area contributed by atoms with Crippen LogP contribution in [0.15, 0.2) is 53.3 Å². The molecule has 1 atom stereocenters. The number of H-pyrrole nitrogens is 1. The lowest BCUT2D eigenvalue weighted by molar-refractivity contribution is 0.0704. The summed E-state index contributed by atoms with van der Waals surface area (Å²) in [5.74, 6) is 0.536. The molecule has 186 valence electrons. The maximum atomic E-state index is 13.1. The summed E-state index contributed by atoms with van der Waals surface area (Å²) in [6.07, 6.45) is 1.70. The Bertz CT molecular complexity index is 1440. The topological polar surface area (TPSA) is 96.8 Å². The van der Waals surface area contributed by atoms with Crippen LogP contribution in [0.5, 0.6) is 0 Å². The van der Waals surface area contributed by atoms with Crippen LogP contribution >= 0.6 is 0 Å². The molecule has 8 heteroatoms. The molecule has 0 aliphatic carbocycles. The van der Waals surface area contributed by atoms with Crippen LogP contribution in [0, 0.1) is 6.92 Å². The van der Waals surface area contributed by atoms with Crippen molar-refractivity contribution in [2.24, 2.45) is 0 Å². The number of fused-ring (bicyclic) bond motifs is 1. The van der Waals surface area contributed by atoms with E-state index in [9.17, 15) is 9.59 Å². The second-order valence-corrected chi connectivity index (χ2v) is 10.8. The third-order valence-electron chi connectivity index (χ3n) is 6.94. The van der Waals surface area contributed by atoms with E-state index in [4.69, 9.17) is 4.98 Å². The molecule has 8 nitrogen and oxygen atoms in total. The van der Waals surface area contributed by atoms with Crippen LogP contribution in [0.25, 0.3) is 11.2 Å². The van der Waals surface area contributed by atoms with Gasteiger partial charge in [-0.05, 0) is 48.4 Å². The van der Waals surface area contributed by atoms with E-state index < -0.39 is 0 Å². The fraction of sp³-hybridized carbons (Fsp3) is 0.393. The van der Waals surface area contributed by atoms with E-state index in [-0.39, 0.29) is 28.3 Å². The number of aryl methyl sites for hydroxylation is 1. The molecule has 3 heterocycles. The van der Waals surface area contributed by atoms with Gasteiger partial charge in [0.25, 0.3) is 11.5 Å². The fourth-order valence-electron chi connectivity index (χ4n) is 4.73. The third-order valence-corrected chi connectivity index (χ3v) is 6.94. The Labute approximate surface area is 210 Å². The highest BCUT2D eigenvalue weighted by Crippen LogP contribution is 2.26. The predicted molar refractivity (Wildman–Crippen MR) is 139 cm³/mol. The van der Waals surface area contributed by atoms with Gasteiger partial charge in [0.15, 0.2) is 11.2 Å². The van der Waals surface area contributed by atoms with E-state index in [1.54, 1.807) is 4.68 Å². The first-order valence-electron chi connectivity index (χ1n) is 12.5. The van der Waals surface area contributed by atoms with Crippen molar-refractivity contribution < 1.29 is 4.79 Å². The Balaban J connectivity index is 1.39. The summed E-state index contributed by atoms with van der Waals surface area (Å²) in [6, 6.07) is 16.1. The molecular weight excluding hydrogens is 452 g/mol. The number of benzene rings is 2. The van der Waals surface area contributed by atoms with Crippen molar-refractivity contribution in [1.29, 1.82) is 0 Å². The summed E-state index contributed by atoms with van der Waals surface area (Å²) in [6.45, 7) is 10.2. The molecular formula is C28H32N6O2. The van der Waals surface area contributed by atoms with E-state index in [1.165, 1.54) is 5.56 Å². The van der Waals surface area contributed by atoms with E-state index in [0.29, 0.717) is 36.7 Å². The van der Waals surface area contributed by atoms with Gasteiger partial charge in [-0.1, -0.05) is 67.9 Å². The number of amides is 1. The molecule has 1 amide bonds. The number of carbonyl (C=O) groups excluding carboxylic acids is 1. The predicted octanol–water partition coefficient (Wildman–Crippen LogP) is 4.19. The largest absolute Gasteiger partial charge is 0.338 e. The maximum Gasteiger partial charge on any atom is 0.281 e. The van der Waals surface area contributed by atoms with Gasteiger partial charge in [-0.2, -0.15) is 0 Å². The maximum absolute atomic E-state index is 13.1. The summed E-state index contributed by atoms with van der Waals surface area (Å²) in [4.78, 5) is 35.5. The summed E-state index contributed by atoms with van der Waals surface area (Å²) < 4.78 is 1.68. The summed E-state index contributed by atoms with van der Waals surface area (Å²) in [7, 11) is 0. The van der Waals surface area contributed by atoms with E-state index >= 15 is 0 Å². The normalized spacial score (nSPS) is 16.4. The van der Waals surface area contributed by atoms with Crippen LogP contribution in [0.1, 0.15) is 72.4 Å². The summed E-state index contributed by atoms with van der Waals surface area (Å²) in [5.41, 5.74) is 4.60. The average molecular weight is 485 g/mol. The number of hydrogen-bond donors (Lipinski definition) is 1. The fourth-order valence-corrected chi connectivity index (χ4v) is 4.73.